The van der Waals surface area contributed by atoms with Gasteiger partial charge in [-0.3, -0.25) is 19.3 Å². The first-order chi connectivity index (χ1) is 19.7. The van der Waals surface area contributed by atoms with Gasteiger partial charge in [-0.05, 0) is 41.8 Å². The molecule has 11 heteroatoms. The number of nitrogens with one attached hydrogen (secondary N) is 1. The zero-order valence-corrected chi connectivity index (χ0v) is 23.4. The van der Waals surface area contributed by atoms with Crippen LogP contribution in [0.4, 0.5) is 0 Å². The second-order valence-corrected chi connectivity index (χ2v) is 11.1. The fourth-order valence-corrected chi connectivity index (χ4v) is 6.58. The van der Waals surface area contributed by atoms with Crippen LogP contribution < -0.4 is 16.0 Å². The van der Waals surface area contributed by atoms with Crippen LogP contribution in [0.1, 0.15) is 35.3 Å². The summed E-state index contributed by atoms with van der Waals surface area (Å²) >= 11 is 1.38. The fraction of sp³-hybridized carbons (Fsp3) is 0.267. The molecule has 2 aromatic carbocycles. The van der Waals surface area contributed by atoms with Gasteiger partial charge in [-0.15, -0.1) is 11.8 Å². The molecule has 2 aliphatic heterocycles. The van der Waals surface area contributed by atoms with E-state index >= 15 is 0 Å². The van der Waals surface area contributed by atoms with Gasteiger partial charge in [-0.25, -0.2) is 4.79 Å². The maximum absolute atomic E-state index is 13.8. The Bertz CT molecular complexity index is 1590. The van der Waals surface area contributed by atoms with Gasteiger partial charge in [0.1, 0.15) is 28.9 Å². The number of para-hydroxylation sites is 1. The van der Waals surface area contributed by atoms with E-state index in [2.05, 4.69) is 4.98 Å². The van der Waals surface area contributed by atoms with E-state index in [9.17, 15) is 24.3 Å². The van der Waals surface area contributed by atoms with E-state index < -0.39 is 40.8 Å². The number of carbonyl (C=O) groups excluding carboxylic acids is 2. The van der Waals surface area contributed by atoms with Crippen molar-refractivity contribution in [3.8, 4) is 5.75 Å². The zero-order valence-electron chi connectivity index (χ0n) is 22.6. The lowest BCUT2D eigenvalue weighted by atomic mass is 9.98. The number of nitrogens with zero attached hydrogens (tertiary/aromatic N) is 2. The number of carboxylic acid groups (broad SMARTS) is 1. The number of aromatic nitrogens is 1. The van der Waals surface area contributed by atoms with Crippen molar-refractivity contribution in [2.24, 2.45) is 5.73 Å². The molecule has 10 nitrogen and oxygen atoms in total. The van der Waals surface area contributed by atoms with Crippen molar-refractivity contribution < 1.29 is 24.2 Å². The predicted octanol–water partition coefficient (Wildman–Crippen LogP) is 2.65. The normalized spacial score (nSPS) is 18.8. The lowest BCUT2D eigenvalue weighted by Gasteiger charge is -2.53. The molecular formula is C30H30N4O6S. The van der Waals surface area contributed by atoms with Gasteiger partial charge < -0.3 is 25.5 Å². The smallest absolute Gasteiger partial charge is 0.352 e. The van der Waals surface area contributed by atoms with Crippen molar-refractivity contribution in [3.05, 3.63) is 111 Å². The molecule has 3 heterocycles. The number of fused-ring (bicyclic) bond motifs is 1. The Morgan fingerprint density at radius 2 is 1.80 bits per heavy atom. The number of methoxy groups -OCH3 is 1. The van der Waals surface area contributed by atoms with Crippen LogP contribution in [-0.2, 0) is 27.3 Å². The van der Waals surface area contributed by atoms with Crippen molar-refractivity contribution in [2.45, 2.75) is 37.3 Å². The van der Waals surface area contributed by atoms with Crippen LogP contribution in [0, 0.1) is 0 Å². The number of rotatable bonds is 9. The summed E-state index contributed by atoms with van der Waals surface area (Å²) in [6.07, 6.45) is 0.430. The molecule has 0 saturated carbocycles. The first kappa shape index (κ1) is 28.2. The summed E-state index contributed by atoms with van der Waals surface area (Å²) in [4.78, 5) is 57.9. The molecule has 212 valence electrons. The SMILES string of the molecule is COc1ccccc1Cc1ccc(CN(C(=O)[C@H](N)c2ccccc2)[C@@H]2C(=O)N3C(C(=O)O)=C(C)CS[C@H]23)c(=O)[nH]1. The zero-order chi connectivity index (χ0) is 29.3. The number of amides is 2. The van der Waals surface area contributed by atoms with Crippen LogP contribution in [-0.4, -0.2) is 62.0 Å². The number of aromatic amines is 1. The molecule has 0 radical (unpaired) electrons. The first-order valence-corrected chi connectivity index (χ1v) is 14.1. The minimum absolute atomic E-state index is 0.0618. The molecule has 4 N–H and O–H groups in total. The van der Waals surface area contributed by atoms with Gasteiger partial charge in [0, 0.05) is 23.4 Å². The molecule has 0 aliphatic carbocycles. The number of carbonyl (C=O) groups is 3. The highest BCUT2D eigenvalue weighted by Gasteiger charge is 2.57. The highest BCUT2D eigenvalue weighted by atomic mass is 32.2. The number of aliphatic carboxylic acids is 1. The number of benzene rings is 2. The Balaban J connectivity index is 1.45. The molecule has 5 rings (SSSR count). The number of H-pyrrole nitrogens is 1. The lowest BCUT2D eigenvalue weighted by molar-refractivity contribution is -0.161. The maximum atomic E-state index is 13.8. The van der Waals surface area contributed by atoms with Crippen molar-refractivity contribution >= 4 is 29.5 Å². The highest BCUT2D eigenvalue weighted by Crippen LogP contribution is 2.43. The van der Waals surface area contributed by atoms with E-state index in [1.54, 1.807) is 56.5 Å². The molecule has 2 aliphatic rings. The van der Waals surface area contributed by atoms with Gasteiger partial charge in [-0.1, -0.05) is 48.5 Å². The van der Waals surface area contributed by atoms with Crippen molar-refractivity contribution in [3.63, 3.8) is 0 Å². The third kappa shape index (κ3) is 5.38. The Labute approximate surface area is 240 Å². The van der Waals surface area contributed by atoms with Crippen LogP contribution >= 0.6 is 11.8 Å². The summed E-state index contributed by atoms with van der Waals surface area (Å²) in [5.74, 6) is -1.14. The number of ether oxygens (including phenoxy) is 1. The van der Waals surface area contributed by atoms with E-state index in [0.29, 0.717) is 34.8 Å². The van der Waals surface area contributed by atoms with Crippen molar-refractivity contribution in [1.82, 2.24) is 14.8 Å². The Hall–Kier alpha value is -4.35. The quantitative estimate of drug-likeness (QED) is 0.331. The molecule has 0 unspecified atom stereocenters. The third-order valence-electron chi connectivity index (χ3n) is 7.34. The van der Waals surface area contributed by atoms with E-state index in [1.165, 1.54) is 21.6 Å². The summed E-state index contributed by atoms with van der Waals surface area (Å²) in [5, 5.41) is 9.14. The summed E-state index contributed by atoms with van der Waals surface area (Å²) in [7, 11) is 1.58. The highest BCUT2D eigenvalue weighted by molar-refractivity contribution is 8.00. The molecule has 3 aromatic rings. The van der Waals surface area contributed by atoms with Gasteiger partial charge in [-0.2, -0.15) is 0 Å². The molecular weight excluding hydrogens is 544 g/mol. The molecule has 1 aromatic heterocycles. The van der Waals surface area contributed by atoms with Gasteiger partial charge >= 0.3 is 5.97 Å². The van der Waals surface area contributed by atoms with Crippen LogP contribution in [0.3, 0.4) is 0 Å². The number of nitrogens with two attached hydrogens (primary N) is 1. The Kier molecular flexibility index (Phi) is 8.00. The molecule has 0 spiro atoms. The first-order valence-electron chi connectivity index (χ1n) is 13.0. The lowest BCUT2D eigenvalue weighted by Crippen LogP contribution is -2.71. The predicted molar refractivity (Wildman–Crippen MR) is 154 cm³/mol. The Morgan fingerprint density at radius 1 is 1.10 bits per heavy atom. The second kappa shape index (κ2) is 11.6. The standard InChI is InChI=1S/C30H30N4O6S/c1-17-16-41-29-25(28(37)34(29)24(17)30(38)39)33(27(36)23(31)18-8-4-3-5-9-18)15-20-12-13-21(32-26(20)35)14-19-10-6-7-11-22(19)40-2/h3-13,23,25,29H,14-16,31H2,1-2H3,(H,32,35)(H,38,39)/t23-,25-,29-/m1/s1. The monoisotopic (exact) mass is 574 g/mol. The van der Waals surface area contributed by atoms with Gasteiger partial charge in [0.05, 0.1) is 13.7 Å². The van der Waals surface area contributed by atoms with E-state index in [0.717, 1.165) is 5.56 Å². The fourth-order valence-electron chi connectivity index (χ4n) is 5.21. The van der Waals surface area contributed by atoms with Crippen molar-refractivity contribution in [2.75, 3.05) is 12.9 Å². The number of hydrogen-bond acceptors (Lipinski definition) is 7. The third-order valence-corrected chi connectivity index (χ3v) is 8.75. The number of thioether (sulfide) groups is 1. The summed E-state index contributed by atoms with van der Waals surface area (Å²) < 4.78 is 5.41. The summed E-state index contributed by atoms with van der Waals surface area (Å²) in [5.41, 5.74) is 8.88. The molecule has 0 bridgehead atoms. The second-order valence-electron chi connectivity index (χ2n) is 9.97. The average Bonchev–Trinajstić information content (AvgIpc) is 2.97. The van der Waals surface area contributed by atoms with E-state index in [4.69, 9.17) is 10.5 Å². The van der Waals surface area contributed by atoms with Gasteiger partial charge in [0.25, 0.3) is 11.5 Å². The molecule has 41 heavy (non-hydrogen) atoms. The van der Waals surface area contributed by atoms with E-state index in [1.807, 2.05) is 24.3 Å². The van der Waals surface area contributed by atoms with Crippen LogP contribution in [0.2, 0.25) is 0 Å². The summed E-state index contributed by atoms with van der Waals surface area (Å²) in [6.45, 7) is 1.50. The molecule has 1 fully saturated rings. The summed E-state index contributed by atoms with van der Waals surface area (Å²) in [6, 6.07) is 17.6. The minimum Gasteiger partial charge on any atom is -0.496 e. The largest absolute Gasteiger partial charge is 0.496 e. The van der Waals surface area contributed by atoms with Gasteiger partial charge in [0.15, 0.2) is 0 Å². The number of carboxylic acids is 1. The molecule has 3 atom stereocenters. The molecule has 1 saturated heterocycles. The molecule has 2 amide bonds. The minimum atomic E-state index is -1.19. The van der Waals surface area contributed by atoms with Gasteiger partial charge in [0.2, 0.25) is 5.91 Å². The van der Waals surface area contributed by atoms with Crippen molar-refractivity contribution in [1.29, 1.82) is 0 Å². The number of β-lactam (4-membered cyclic amide) rings is 1. The van der Waals surface area contributed by atoms with E-state index in [-0.39, 0.29) is 17.8 Å². The topological polar surface area (TPSA) is 146 Å². The van der Waals surface area contributed by atoms with Crippen LogP contribution in [0.25, 0.3) is 0 Å². The maximum Gasteiger partial charge on any atom is 0.352 e. The average molecular weight is 575 g/mol. The number of hydrogen-bond donors (Lipinski definition) is 3. The number of pyridine rings is 1. The van der Waals surface area contributed by atoms with Crippen LogP contribution in [0.15, 0.2) is 82.8 Å². The van der Waals surface area contributed by atoms with Crippen LogP contribution in [0.5, 0.6) is 5.75 Å². The Morgan fingerprint density at radius 3 is 2.49 bits per heavy atom.